The average molecular weight is 330 g/mol. The Morgan fingerprint density at radius 1 is 1.33 bits per heavy atom. The van der Waals surface area contributed by atoms with Crippen LogP contribution in [0, 0.1) is 0 Å². The van der Waals surface area contributed by atoms with Gasteiger partial charge in [0, 0.05) is 26.4 Å². The van der Waals surface area contributed by atoms with Crippen LogP contribution < -0.4 is 0 Å². The van der Waals surface area contributed by atoms with Crippen molar-refractivity contribution in [1.29, 1.82) is 0 Å². The maximum Gasteiger partial charge on any atom is 0.289 e. The van der Waals surface area contributed by atoms with Gasteiger partial charge < -0.3 is 18.8 Å². The number of amides is 1. The largest absolute Gasteiger partial charge is 0.453 e. The molecule has 2 aromatic heterocycles. The molecule has 1 fully saturated rings. The van der Waals surface area contributed by atoms with Gasteiger partial charge in [0.15, 0.2) is 5.76 Å². The molecular weight excluding hydrogens is 308 g/mol. The SMILES string of the molecule is COCc1ccc(C(=O)N2CCC[C@H](OCc3ccccn3)C2)o1. The lowest BCUT2D eigenvalue weighted by Gasteiger charge is -2.32. The zero-order valence-electron chi connectivity index (χ0n) is 13.8. The second-order valence-electron chi connectivity index (χ2n) is 5.85. The van der Waals surface area contributed by atoms with Gasteiger partial charge in [-0.25, -0.2) is 0 Å². The summed E-state index contributed by atoms with van der Waals surface area (Å²) in [4.78, 5) is 18.6. The summed E-state index contributed by atoms with van der Waals surface area (Å²) in [6.45, 7) is 2.13. The first-order valence-corrected chi connectivity index (χ1v) is 8.14. The number of hydrogen-bond acceptors (Lipinski definition) is 5. The molecule has 6 heteroatoms. The third kappa shape index (κ3) is 4.21. The molecule has 6 nitrogen and oxygen atoms in total. The summed E-state index contributed by atoms with van der Waals surface area (Å²) in [5, 5.41) is 0. The lowest BCUT2D eigenvalue weighted by Crippen LogP contribution is -2.43. The Morgan fingerprint density at radius 3 is 3.04 bits per heavy atom. The summed E-state index contributed by atoms with van der Waals surface area (Å²) in [5.74, 6) is 0.914. The van der Waals surface area contributed by atoms with E-state index in [-0.39, 0.29) is 12.0 Å². The van der Waals surface area contributed by atoms with E-state index in [0.717, 1.165) is 25.1 Å². The van der Waals surface area contributed by atoms with E-state index in [1.807, 2.05) is 18.2 Å². The van der Waals surface area contributed by atoms with Crippen molar-refractivity contribution in [3.8, 4) is 0 Å². The maximum atomic E-state index is 12.6. The molecule has 3 rings (SSSR count). The molecule has 0 aliphatic carbocycles. The first-order valence-electron chi connectivity index (χ1n) is 8.14. The van der Waals surface area contributed by atoms with Gasteiger partial charge in [0.25, 0.3) is 5.91 Å². The van der Waals surface area contributed by atoms with E-state index >= 15 is 0 Å². The van der Waals surface area contributed by atoms with Crippen LogP contribution >= 0.6 is 0 Å². The van der Waals surface area contributed by atoms with Crippen LogP contribution in [0.5, 0.6) is 0 Å². The summed E-state index contributed by atoms with van der Waals surface area (Å²) in [7, 11) is 1.60. The van der Waals surface area contributed by atoms with Gasteiger partial charge in [-0.15, -0.1) is 0 Å². The molecule has 1 aliphatic heterocycles. The number of methoxy groups -OCH3 is 1. The lowest BCUT2D eigenvalue weighted by atomic mass is 10.1. The number of carbonyl (C=O) groups is 1. The number of piperidine rings is 1. The van der Waals surface area contributed by atoms with Gasteiger partial charge in [0.1, 0.15) is 12.4 Å². The van der Waals surface area contributed by atoms with Crippen molar-refractivity contribution in [2.75, 3.05) is 20.2 Å². The highest BCUT2D eigenvalue weighted by molar-refractivity contribution is 5.91. The molecule has 0 aromatic carbocycles. The predicted octanol–water partition coefficient (Wildman–Crippen LogP) is 2.64. The topological polar surface area (TPSA) is 64.8 Å². The first kappa shape index (κ1) is 16.7. The Bertz CT molecular complexity index is 656. The van der Waals surface area contributed by atoms with Crippen LogP contribution in [-0.4, -0.2) is 42.1 Å². The van der Waals surface area contributed by atoms with E-state index in [4.69, 9.17) is 13.9 Å². The minimum absolute atomic E-state index is 0.0260. The fraction of sp³-hybridized carbons (Fsp3) is 0.444. The molecule has 0 bridgehead atoms. The normalized spacial score (nSPS) is 17.9. The summed E-state index contributed by atoms with van der Waals surface area (Å²) >= 11 is 0. The van der Waals surface area contributed by atoms with Crippen LogP contribution in [0.4, 0.5) is 0 Å². The summed E-state index contributed by atoms with van der Waals surface area (Å²) in [6, 6.07) is 9.24. The van der Waals surface area contributed by atoms with E-state index < -0.39 is 0 Å². The molecule has 1 aliphatic rings. The molecule has 3 heterocycles. The zero-order valence-corrected chi connectivity index (χ0v) is 13.8. The van der Waals surface area contributed by atoms with E-state index in [2.05, 4.69) is 4.98 Å². The van der Waals surface area contributed by atoms with E-state index in [9.17, 15) is 4.79 Å². The highest BCUT2D eigenvalue weighted by Crippen LogP contribution is 2.18. The molecule has 0 spiro atoms. The Balaban J connectivity index is 1.55. The molecule has 1 saturated heterocycles. The Hall–Kier alpha value is -2.18. The van der Waals surface area contributed by atoms with Gasteiger partial charge in [-0.05, 0) is 37.1 Å². The Morgan fingerprint density at radius 2 is 2.25 bits per heavy atom. The highest BCUT2D eigenvalue weighted by Gasteiger charge is 2.26. The molecule has 0 unspecified atom stereocenters. The second-order valence-corrected chi connectivity index (χ2v) is 5.85. The molecular formula is C18H22N2O4. The van der Waals surface area contributed by atoms with Gasteiger partial charge in [0.05, 0.1) is 18.4 Å². The minimum atomic E-state index is -0.0940. The van der Waals surface area contributed by atoms with E-state index in [0.29, 0.717) is 31.3 Å². The number of aromatic nitrogens is 1. The molecule has 0 saturated carbocycles. The standard InChI is InChI=1S/C18H22N2O4/c1-22-13-16-7-8-17(24-16)18(21)20-10-4-6-15(11-20)23-12-14-5-2-3-9-19-14/h2-3,5,7-9,15H,4,6,10-13H2,1H3/t15-/m0/s1. The van der Waals surface area contributed by atoms with Crippen molar-refractivity contribution < 1.29 is 18.7 Å². The van der Waals surface area contributed by atoms with Crippen molar-refractivity contribution in [3.05, 3.63) is 53.7 Å². The quantitative estimate of drug-likeness (QED) is 0.815. The second kappa shape index (κ2) is 8.08. The molecule has 0 radical (unpaired) electrons. The van der Waals surface area contributed by atoms with E-state index in [1.165, 1.54) is 0 Å². The summed E-state index contributed by atoms with van der Waals surface area (Å²) < 4.78 is 16.5. The number of furan rings is 1. The molecule has 2 aromatic rings. The fourth-order valence-corrected chi connectivity index (χ4v) is 2.81. The number of rotatable bonds is 6. The number of hydrogen-bond donors (Lipinski definition) is 0. The molecule has 1 atom stereocenters. The van der Waals surface area contributed by atoms with Gasteiger partial charge in [-0.2, -0.15) is 0 Å². The van der Waals surface area contributed by atoms with Crippen molar-refractivity contribution in [3.63, 3.8) is 0 Å². The molecule has 0 N–H and O–H groups in total. The third-order valence-electron chi connectivity index (χ3n) is 4.02. The number of likely N-dealkylation sites (tertiary alicyclic amines) is 1. The number of ether oxygens (including phenoxy) is 2. The fourth-order valence-electron chi connectivity index (χ4n) is 2.81. The van der Waals surface area contributed by atoms with Crippen LogP contribution in [0.3, 0.4) is 0 Å². The van der Waals surface area contributed by atoms with Gasteiger partial charge in [-0.1, -0.05) is 6.07 Å². The smallest absolute Gasteiger partial charge is 0.289 e. The zero-order chi connectivity index (χ0) is 16.8. The third-order valence-corrected chi connectivity index (χ3v) is 4.02. The number of carbonyl (C=O) groups excluding carboxylic acids is 1. The van der Waals surface area contributed by atoms with Gasteiger partial charge in [0.2, 0.25) is 0 Å². The monoisotopic (exact) mass is 330 g/mol. The average Bonchev–Trinajstić information content (AvgIpc) is 3.09. The van der Waals surface area contributed by atoms with Crippen LogP contribution in [0.2, 0.25) is 0 Å². The lowest BCUT2D eigenvalue weighted by molar-refractivity contribution is -0.00873. The molecule has 1 amide bonds. The van der Waals surface area contributed by atoms with Gasteiger partial charge in [-0.3, -0.25) is 9.78 Å². The predicted molar refractivity (Wildman–Crippen MR) is 87.4 cm³/mol. The molecule has 128 valence electrons. The van der Waals surface area contributed by atoms with Crippen molar-refractivity contribution >= 4 is 5.91 Å². The summed E-state index contributed by atoms with van der Waals surface area (Å²) in [6.07, 6.45) is 3.65. The first-order chi connectivity index (χ1) is 11.8. The number of pyridine rings is 1. The summed E-state index contributed by atoms with van der Waals surface area (Å²) in [5.41, 5.74) is 0.899. The van der Waals surface area contributed by atoms with Crippen molar-refractivity contribution in [2.45, 2.75) is 32.2 Å². The number of nitrogens with zero attached hydrogens (tertiary/aromatic N) is 2. The Kier molecular flexibility index (Phi) is 5.61. The van der Waals surface area contributed by atoms with Crippen LogP contribution in [0.1, 0.15) is 34.9 Å². The molecule has 24 heavy (non-hydrogen) atoms. The van der Waals surface area contributed by atoms with Crippen LogP contribution in [0.15, 0.2) is 40.9 Å². The minimum Gasteiger partial charge on any atom is -0.453 e. The van der Waals surface area contributed by atoms with Crippen LogP contribution in [0.25, 0.3) is 0 Å². The van der Waals surface area contributed by atoms with Gasteiger partial charge >= 0.3 is 0 Å². The Labute approximate surface area is 141 Å². The highest BCUT2D eigenvalue weighted by atomic mass is 16.5. The van der Waals surface area contributed by atoms with Crippen molar-refractivity contribution in [1.82, 2.24) is 9.88 Å². The van der Waals surface area contributed by atoms with E-state index in [1.54, 1.807) is 30.3 Å². The van der Waals surface area contributed by atoms with Crippen LogP contribution in [-0.2, 0) is 22.7 Å². The maximum absolute atomic E-state index is 12.6. The van der Waals surface area contributed by atoms with Crippen molar-refractivity contribution in [2.24, 2.45) is 0 Å².